The molecule has 0 unspecified atom stereocenters. The summed E-state index contributed by atoms with van der Waals surface area (Å²) in [4.78, 5) is 12.3. The van der Waals surface area contributed by atoms with Gasteiger partial charge in [0.25, 0.3) is 5.91 Å². The number of hydrogen-bond donors (Lipinski definition) is 1. The first kappa shape index (κ1) is 14.9. The number of anilines is 1. The normalized spacial score (nSPS) is 10.2. The van der Waals surface area contributed by atoms with Gasteiger partial charge in [0.1, 0.15) is 5.75 Å². The summed E-state index contributed by atoms with van der Waals surface area (Å²) in [5.74, 6) is 0.295. The van der Waals surface area contributed by atoms with Gasteiger partial charge in [0.2, 0.25) is 0 Å². The van der Waals surface area contributed by atoms with Gasteiger partial charge >= 0.3 is 0 Å². The third-order valence-electron chi connectivity index (χ3n) is 2.84. The van der Waals surface area contributed by atoms with E-state index >= 15 is 0 Å². The Labute approximate surface area is 131 Å². The van der Waals surface area contributed by atoms with Crippen molar-refractivity contribution in [2.45, 2.75) is 6.92 Å². The zero-order chi connectivity index (χ0) is 14.7. The quantitative estimate of drug-likeness (QED) is 0.869. The van der Waals surface area contributed by atoms with Gasteiger partial charge in [0, 0.05) is 15.2 Å². The molecule has 0 radical (unpaired) electrons. The van der Waals surface area contributed by atoms with Gasteiger partial charge < -0.3 is 10.1 Å². The molecule has 0 spiro atoms. The molecule has 104 valence electrons. The lowest BCUT2D eigenvalue weighted by Gasteiger charge is -2.11. The fourth-order valence-corrected chi connectivity index (χ4v) is 2.38. The number of rotatable bonds is 3. The Balaban J connectivity index is 2.28. The molecule has 0 fully saturated rings. The highest BCUT2D eigenvalue weighted by Crippen LogP contribution is 2.25. The van der Waals surface area contributed by atoms with Crippen molar-refractivity contribution in [2.75, 3.05) is 12.4 Å². The molecule has 2 aromatic rings. The summed E-state index contributed by atoms with van der Waals surface area (Å²) in [6.07, 6.45) is 0. The SMILES string of the molecule is COc1cc(Br)ccc1C(=O)Nc1ccc(Cl)cc1C. The summed E-state index contributed by atoms with van der Waals surface area (Å²) < 4.78 is 6.08. The largest absolute Gasteiger partial charge is 0.496 e. The molecule has 0 aliphatic rings. The minimum Gasteiger partial charge on any atom is -0.496 e. The van der Waals surface area contributed by atoms with E-state index in [0.717, 1.165) is 15.7 Å². The van der Waals surface area contributed by atoms with Gasteiger partial charge in [-0.2, -0.15) is 0 Å². The van der Waals surface area contributed by atoms with Crippen LogP contribution < -0.4 is 10.1 Å². The van der Waals surface area contributed by atoms with E-state index in [0.29, 0.717) is 16.3 Å². The van der Waals surface area contributed by atoms with E-state index in [2.05, 4.69) is 21.2 Å². The third-order valence-corrected chi connectivity index (χ3v) is 3.57. The Hall–Kier alpha value is -1.52. The minimum absolute atomic E-state index is 0.222. The van der Waals surface area contributed by atoms with Crippen molar-refractivity contribution in [2.24, 2.45) is 0 Å². The smallest absolute Gasteiger partial charge is 0.259 e. The van der Waals surface area contributed by atoms with Gasteiger partial charge in [-0.25, -0.2) is 0 Å². The van der Waals surface area contributed by atoms with Crippen LogP contribution in [0.5, 0.6) is 5.75 Å². The molecule has 0 bridgehead atoms. The molecular weight excluding hydrogens is 342 g/mol. The molecule has 0 aromatic heterocycles. The van der Waals surface area contributed by atoms with Crippen LogP contribution in [0.1, 0.15) is 15.9 Å². The van der Waals surface area contributed by atoms with Gasteiger partial charge in [-0.3, -0.25) is 4.79 Å². The summed E-state index contributed by atoms with van der Waals surface area (Å²) in [7, 11) is 1.53. The Bertz CT molecular complexity index is 658. The Morgan fingerprint density at radius 3 is 2.65 bits per heavy atom. The predicted molar refractivity (Wildman–Crippen MR) is 84.8 cm³/mol. The first-order valence-corrected chi connectivity index (χ1v) is 7.09. The molecule has 0 heterocycles. The molecular formula is C15H13BrClNO2. The topological polar surface area (TPSA) is 38.3 Å². The van der Waals surface area contributed by atoms with Crippen LogP contribution in [0.3, 0.4) is 0 Å². The molecule has 3 nitrogen and oxygen atoms in total. The van der Waals surface area contributed by atoms with E-state index in [1.807, 2.05) is 6.92 Å². The van der Waals surface area contributed by atoms with Crippen LogP contribution in [-0.4, -0.2) is 13.0 Å². The molecule has 20 heavy (non-hydrogen) atoms. The van der Waals surface area contributed by atoms with Crippen LogP contribution in [0.15, 0.2) is 40.9 Å². The number of halogens is 2. The number of nitrogens with one attached hydrogen (secondary N) is 1. The number of amides is 1. The van der Waals surface area contributed by atoms with Crippen LogP contribution in [-0.2, 0) is 0 Å². The molecule has 5 heteroatoms. The fraction of sp³-hybridized carbons (Fsp3) is 0.133. The summed E-state index contributed by atoms with van der Waals surface area (Å²) >= 11 is 9.24. The van der Waals surface area contributed by atoms with Gasteiger partial charge in [0.05, 0.1) is 12.7 Å². The third kappa shape index (κ3) is 3.32. The molecule has 0 saturated heterocycles. The fourth-order valence-electron chi connectivity index (χ4n) is 1.81. The van der Waals surface area contributed by atoms with Crippen LogP contribution >= 0.6 is 27.5 Å². The van der Waals surface area contributed by atoms with Crippen molar-refractivity contribution in [3.8, 4) is 5.75 Å². The van der Waals surface area contributed by atoms with E-state index in [1.54, 1.807) is 36.4 Å². The molecule has 1 N–H and O–H groups in total. The first-order valence-electron chi connectivity index (χ1n) is 5.92. The Kier molecular flexibility index (Phi) is 4.68. The van der Waals surface area contributed by atoms with Gasteiger partial charge in [-0.15, -0.1) is 0 Å². The van der Waals surface area contributed by atoms with Crippen LogP contribution in [0.4, 0.5) is 5.69 Å². The van der Waals surface area contributed by atoms with E-state index in [1.165, 1.54) is 7.11 Å². The highest BCUT2D eigenvalue weighted by atomic mass is 79.9. The van der Waals surface area contributed by atoms with Crippen molar-refractivity contribution >= 4 is 39.1 Å². The van der Waals surface area contributed by atoms with E-state index in [4.69, 9.17) is 16.3 Å². The predicted octanol–water partition coefficient (Wildman–Crippen LogP) is 4.67. The molecule has 0 aliphatic carbocycles. The van der Waals surface area contributed by atoms with E-state index < -0.39 is 0 Å². The number of methoxy groups -OCH3 is 1. The number of carbonyl (C=O) groups is 1. The van der Waals surface area contributed by atoms with Gasteiger partial charge in [-0.05, 0) is 48.9 Å². The molecule has 1 amide bonds. The summed E-state index contributed by atoms with van der Waals surface area (Å²) in [6.45, 7) is 1.89. The van der Waals surface area contributed by atoms with Crippen LogP contribution in [0.25, 0.3) is 0 Å². The van der Waals surface area contributed by atoms with Crippen molar-refractivity contribution in [3.05, 3.63) is 57.0 Å². The molecule has 0 saturated carbocycles. The summed E-state index contributed by atoms with van der Waals surface area (Å²) in [5, 5.41) is 3.50. The lowest BCUT2D eigenvalue weighted by atomic mass is 10.1. The zero-order valence-corrected chi connectivity index (χ0v) is 13.4. The molecule has 2 aromatic carbocycles. The number of aryl methyl sites for hydroxylation is 1. The average molecular weight is 355 g/mol. The van der Waals surface area contributed by atoms with E-state index in [-0.39, 0.29) is 5.91 Å². The Morgan fingerprint density at radius 2 is 2.00 bits per heavy atom. The van der Waals surface area contributed by atoms with Crippen LogP contribution in [0, 0.1) is 6.92 Å². The molecule has 2 rings (SSSR count). The maximum Gasteiger partial charge on any atom is 0.259 e. The second kappa shape index (κ2) is 6.29. The Morgan fingerprint density at radius 1 is 1.25 bits per heavy atom. The monoisotopic (exact) mass is 353 g/mol. The minimum atomic E-state index is -0.222. The zero-order valence-electron chi connectivity index (χ0n) is 11.0. The maximum atomic E-state index is 12.3. The van der Waals surface area contributed by atoms with Crippen molar-refractivity contribution in [1.29, 1.82) is 0 Å². The lowest BCUT2D eigenvalue weighted by molar-refractivity contribution is 0.102. The number of benzene rings is 2. The lowest BCUT2D eigenvalue weighted by Crippen LogP contribution is -2.14. The molecule has 0 aliphatic heterocycles. The van der Waals surface area contributed by atoms with Crippen molar-refractivity contribution in [3.63, 3.8) is 0 Å². The average Bonchev–Trinajstić information content (AvgIpc) is 2.41. The molecule has 0 atom stereocenters. The van der Waals surface area contributed by atoms with Crippen LogP contribution in [0.2, 0.25) is 5.02 Å². The highest BCUT2D eigenvalue weighted by molar-refractivity contribution is 9.10. The second-order valence-corrected chi connectivity index (χ2v) is 5.61. The standard InChI is InChI=1S/C15H13BrClNO2/c1-9-7-11(17)4-6-13(9)18-15(19)12-5-3-10(16)8-14(12)20-2/h3-8H,1-2H3,(H,18,19). The second-order valence-electron chi connectivity index (χ2n) is 4.26. The number of ether oxygens (including phenoxy) is 1. The maximum absolute atomic E-state index is 12.3. The summed E-state index contributed by atoms with van der Waals surface area (Å²) in [6, 6.07) is 10.6. The van der Waals surface area contributed by atoms with Crippen molar-refractivity contribution < 1.29 is 9.53 Å². The highest BCUT2D eigenvalue weighted by Gasteiger charge is 2.13. The number of hydrogen-bond acceptors (Lipinski definition) is 2. The van der Waals surface area contributed by atoms with E-state index in [9.17, 15) is 4.79 Å². The number of carbonyl (C=O) groups excluding carboxylic acids is 1. The van der Waals surface area contributed by atoms with Gasteiger partial charge in [0.15, 0.2) is 0 Å². The van der Waals surface area contributed by atoms with Gasteiger partial charge in [-0.1, -0.05) is 27.5 Å². The van der Waals surface area contributed by atoms with Crippen molar-refractivity contribution in [1.82, 2.24) is 0 Å². The summed E-state index contributed by atoms with van der Waals surface area (Å²) in [5.41, 5.74) is 2.11. The first-order chi connectivity index (χ1) is 9.51.